The molecule has 23 heavy (non-hydrogen) atoms. The van der Waals surface area contributed by atoms with Gasteiger partial charge in [-0.15, -0.1) is 0 Å². The summed E-state index contributed by atoms with van der Waals surface area (Å²) >= 11 is 3.58. The molecule has 3 aromatic rings. The number of hydrogen-bond acceptors (Lipinski definition) is 2. The molecule has 1 aromatic heterocycles. The molecule has 4 rings (SSSR count). The quantitative estimate of drug-likeness (QED) is 0.652. The molecular formula is C19H14BrN3. The zero-order valence-corrected chi connectivity index (χ0v) is 14.0. The molecule has 0 aliphatic carbocycles. The van der Waals surface area contributed by atoms with E-state index < -0.39 is 0 Å². The molecule has 0 radical (unpaired) electrons. The van der Waals surface area contributed by atoms with Crippen LogP contribution in [0.5, 0.6) is 0 Å². The molecule has 0 unspecified atom stereocenters. The number of hydrogen-bond donors (Lipinski definition) is 0. The van der Waals surface area contributed by atoms with Gasteiger partial charge in [-0.2, -0.15) is 0 Å². The molecule has 0 spiro atoms. The number of imidazole rings is 1. The Morgan fingerprint density at radius 2 is 1.96 bits per heavy atom. The first-order chi connectivity index (χ1) is 11.3. The van der Waals surface area contributed by atoms with Crippen molar-refractivity contribution in [3.05, 3.63) is 88.4 Å². The summed E-state index contributed by atoms with van der Waals surface area (Å²) in [5.41, 5.74) is 6.25. The Balaban J connectivity index is 2.00. The van der Waals surface area contributed by atoms with E-state index >= 15 is 0 Å². The van der Waals surface area contributed by atoms with Gasteiger partial charge in [0.05, 0.1) is 29.3 Å². The van der Waals surface area contributed by atoms with Gasteiger partial charge in [-0.25, -0.2) is 4.98 Å². The molecule has 1 aliphatic heterocycles. The SMILES string of the molecule is C=Cc1ncn2c1CN=C(c1ccccc1)c1cc(Br)ccc1-2. The average Bonchev–Trinajstić information content (AvgIpc) is 2.92. The fourth-order valence-corrected chi connectivity index (χ4v) is 3.27. The molecule has 2 heterocycles. The van der Waals surface area contributed by atoms with Crippen molar-refractivity contribution in [2.24, 2.45) is 4.99 Å². The number of aromatic nitrogens is 2. The Hall–Kier alpha value is -2.46. The maximum atomic E-state index is 4.89. The van der Waals surface area contributed by atoms with Gasteiger partial charge >= 0.3 is 0 Å². The Morgan fingerprint density at radius 3 is 2.74 bits per heavy atom. The summed E-state index contributed by atoms with van der Waals surface area (Å²) in [5.74, 6) is 0. The number of fused-ring (bicyclic) bond motifs is 3. The zero-order chi connectivity index (χ0) is 15.8. The highest BCUT2D eigenvalue weighted by Gasteiger charge is 2.20. The first-order valence-corrected chi connectivity index (χ1v) is 8.16. The summed E-state index contributed by atoms with van der Waals surface area (Å²) in [6.45, 7) is 4.44. The summed E-state index contributed by atoms with van der Waals surface area (Å²) in [6.07, 6.45) is 3.63. The third-order valence-electron chi connectivity index (χ3n) is 4.00. The van der Waals surface area contributed by atoms with Crippen LogP contribution in [0, 0.1) is 0 Å². The second-order valence-electron chi connectivity index (χ2n) is 5.34. The molecule has 1 aliphatic rings. The fourth-order valence-electron chi connectivity index (χ4n) is 2.91. The smallest absolute Gasteiger partial charge is 0.100 e. The molecule has 0 amide bonds. The van der Waals surface area contributed by atoms with E-state index in [4.69, 9.17) is 4.99 Å². The first kappa shape index (κ1) is 14.2. The van der Waals surface area contributed by atoms with Gasteiger partial charge < -0.3 is 4.57 Å². The summed E-state index contributed by atoms with van der Waals surface area (Å²) in [6, 6.07) is 16.5. The van der Waals surface area contributed by atoms with Crippen LogP contribution in [0.1, 0.15) is 22.5 Å². The van der Waals surface area contributed by atoms with Gasteiger partial charge in [-0.3, -0.25) is 4.99 Å². The van der Waals surface area contributed by atoms with Gasteiger partial charge in [0.2, 0.25) is 0 Å². The van der Waals surface area contributed by atoms with Crippen molar-refractivity contribution >= 4 is 27.7 Å². The number of aliphatic imine (C=N–C) groups is 1. The minimum atomic E-state index is 0.581. The van der Waals surface area contributed by atoms with Crippen LogP contribution in [-0.4, -0.2) is 15.3 Å². The maximum Gasteiger partial charge on any atom is 0.100 e. The third-order valence-corrected chi connectivity index (χ3v) is 4.49. The Bertz CT molecular complexity index is 923. The highest BCUT2D eigenvalue weighted by molar-refractivity contribution is 9.10. The summed E-state index contributed by atoms with van der Waals surface area (Å²) in [5, 5.41) is 0. The molecule has 0 saturated carbocycles. The van der Waals surface area contributed by atoms with Crippen LogP contribution in [0.15, 0.2) is 70.9 Å². The molecule has 2 aromatic carbocycles. The van der Waals surface area contributed by atoms with E-state index in [9.17, 15) is 0 Å². The summed E-state index contributed by atoms with van der Waals surface area (Å²) < 4.78 is 3.14. The first-order valence-electron chi connectivity index (χ1n) is 7.37. The van der Waals surface area contributed by atoms with E-state index in [2.05, 4.69) is 56.3 Å². The number of nitrogens with zero attached hydrogens (tertiary/aromatic N) is 3. The molecule has 0 bridgehead atoms. The molecule has 112 valence electrons. The Kier molecular flexibility index (Phi) is 3.46. The molecule has 4 heteroatoms. The van der Waals surface area contributed by atoms with Crippen LogP contribution in [0.25, 0.3) is 11.8 Å². The van der Waals surface area contributed by atoms with Crippen molar-refractivity contribution in [2.45, 2.75) is 6.54 Å². The second-order valence-corrected chi connectivity index (χ2v) is 6.26. The zero-order valence-electron chi connectivity index (χ0n) is 12.4. The Labute approximate surface area is 143 Å². The lowest BCUT2D eigenvalue weighted by Crippen LogP contribution is -2.06. The van der Waals surface area contributed by atoms with Crippen molar-refractivity contribution in [2.75, 3.05) is 0 Å². The normalized spacial score (nSPS) is 12.8. The molecule has 0 N–H and O–H groups in total. The van der Waals surface area contributed by atoms with E-state index in [0.29, 0.717) is 6.54 Å². The predicted octanol–water partition coefficient (Wildman–Crippen LogP) is 4.63. The van der Waals surface area contributed by atoms with Gasteiger partial charge in [0.1, 0.15) is 6.33 Å². The van der Waals surface area contributed by atoms with Gasteiger partial charge in [-0.1, -0.05) is 52.8 Å². The minimum Gasteiger partial charge on any atom is -0.300 e. The van der Waals surface area contributed by atoms with E-state index in [1.807, 2.05) is 30.6 Å². The van der Waals surface area contributed by atoms with Crippen LogP contribution in [0.4, 0.5) is 0 Å². The van der Waals surface area contributed by atoms with E-state index in [1.54, 1.807) is 6.08 Å². The number of rotatable bonds is 2. The molecule has 0 atom stereocenters. The molecule has 3 nitrogen and oxygen atoms in total. The van der Waals surface area contributed by atoms with Crippen molar-refractivity contribution in [1.29, 1.82) is 0 Å². The number of halogens is 1. The lowest BCUT2D eigenvalue weighted by Gasteiger charge is -2.12. The minimum absolute atomic E-state index is 0.581. The van der Waals surface area contributed by atoms with Gasteiger partial charge in [0, 0.05) is 15.6 Å². The lowest BCUT2D eigenvalue weighted by molar-refractivity contribution is 0.921. The van der Waals surface area contributed by atoms with Crippen molar-refractivity contribution in [1.82, 2.24) is 9.55 Å². The molecule has 0 saturated heterocycles. The highest BCUT2D eigenvalue weighted by atomic mass is 79.9. The highest BCUT2D eigenvalue weighted by Crippen LogP contribution is 2.29. The lowest BCUT2D eigenvalue weighted by atomic mass is 10.0. The van der Waals surface area contributed by atoms with Gasteiger partial charge in [0.15, 0.2) is 0 Å². The van der Waals surface area contributed by atoms with Gasteiger partial charge in [-0.05, 0) is 24.3 Å². The summed E-state index contributed by atoms with van der Waals surface area (Å²) in [7, 11) is 0. The van der Waals surface area contributed by atoms with E-state index in [1.165, 1.54) is 0 Å². The third kappa shape index (κ3) is 2.35. The van der Waals surface area contributed by atoms with E-state index in [-0.39, 0.29) is 0 Å². The largest absolute Gasteiger partial charge is 0.300 e. The monoisotopic (exact) mass is 363 g/mol. The van der Waals surface area contributed by atoms with Crippen molar-refractivity contribution in [3.63, 3.8) is 0 Å². The van der Waals surface area contributed by atoms with Crippen LogP contribution in [-0.2, 0) is 6.54 Å². The Morgan fingerprint density at radius 1 is 1.13 bits per heavy atom. The topological polar surface area (TPSA) is 30.2 Å². The van der Waals surface area contributed by atoms with Crippen LogP contribution < -0.4 is 0 Å². The summed E-state index contributed by atoms with van der Waals surface area (Å²) in [4.78, 5) is 9.33. The van der Waals surface area contributed by atoms with Crippen LogP contribution >= 0.6 is 15.9 Å². The van der Waals surface area contributed by atoms with Crippen molar-refractivity contribution < 1.29 is 0 Å². The van der Waals surface area contributed by atoms with Crippen LogP contribution in [0.3, 0.4) is 0 Å². The maximum absolute atomic E-state index is 4.89. The van der Waals surface area contributed by atoms with E-state index in [0.717, 1.165) is 38.4 Å². The molecule has 0 fully saturated rings. The standard InChI is InChI=1S/C19H14BrN3/c1-2-16-18-11-21-19(13-6-4-3-5-7-13)15-10-14(20)8-9-17(15)23(18)12-22-16/h2-10,12H,1,11H2. The molecular weight excluding hydrogens is 350 g/mol. The second kappa shape index (κ2) is 5.63. The van der Waals surface area contributed by atoms with Gasteiger partial charge in [0.25, 0.3) is 0 Å². The van der Waals surface area contributed by atoms with Crippen LogP contribution in [0.2, 0.25) is 0 Å². The number of benzene rings is 2. The van der Waals surface area contributed by atoms with Crippen molar-refractivity contribution in [3.8, 4) is 5.69 Å². The fraction of sp³-hybridized carbons (Fsp3) is 0.0526. The predicted molar refractivity (Wildman–Crippen MR) is 97.1 cm³/mol. The average molecular weight is 364 g/mol.